The normalized spacial score (nSPS) is 13.7. The summed E-state index contributed by atoms with van der Waals surface area (Å²) in [4.78, 5) is 46.2. The van der Waals surface area contributed by atoms with E-state index in [1.54, 1.807) is 12.1 Å². The fourth-order valence-corrected chi connectivity index (χ4v) is 2.18. The van der Waals surface area contributed by atoms with E-state index < -0.39 is 55.0 Å². The number of hydrogen-bond acceptors (Lipinski definition) is 7. The molecule has 0 aliphatic heterocycles. The molecule has 3 atom stereocenters. The summed E-state index contributed by atoms with van der Waals surface area (Å²) in [5.74, 6) is -3.44. The van der Waals surface area contributed by atoms with Crippen molar-refractivity contribution in [1.82, 2.24) is 16.0 Å². The van der Waals surface area contributed by atoms with Gasteiger partial charge >= 0.3 is 5.97 Å². The predicted octanol–water partition coefficient (Wildman–Crippen LogP) is -2.56. The first-order valence-corrected chi connectivity index (χ1v) is 8.38. The van der Waals surface area contributed by atoms with E-state index in [9.17, 15) is 29.4 Å². The van der Waals surface area contributed by atoms with E-state index in [2.05, 4.69) is 10.6 Å². The van der Waals surface area contributed by atoms with Crippen LogP contribution in [0.25, 0.3) is 0 Å². The first kappa shape index (κ1) is 22.9. The maximum Gasteiger partial charge on any atom is 0.322 e. The molecular weight excluding hydrogens is 372 g/mol. The van der Waals surface area contributed by atoms with Crippen LogP contribution >= 0.6 is 0 Å². The molecule has 3 amide bonds. The average Bonchev–Trinajstić information content (AvgIpc) is 2.63. The molecule has 0 aliphatic carbocycles. The second-order valence-corrected chi connectivity index (χ2v) is 6.09. The van der Waals surface area contributed by atoms with Crippen LogP contribution in [-0.4, -0.2) is 70.3 Å². The lowest BCUT2D eigenvalue weighted by Crippen LogP contribution is -2.55. The summed E-state index contributed by atoms with van der Waals surface area (Å²) in [7, 11) is 0. The highest BCUT2D eigenvalue weighted by Gasteiger charge is 2.26. The molecular formula is C17H24N4O7. The van der Waals surface area contributed by atoms with Gasteiger partial charge in [0.1, 0.15) is 18.3 Å². The standard InChI is InChI=1S/C17H24N4O7/c1-9(22)15(17(28)20-8-14(25)26)21-13(24)7-19-16(27)12(18)6-10-2-4-11(23)5-3-10/h2-5,9,12,15,22-23H,6-8,18H2,1H3,(H,19,27)(H,20,28)(H,21,24)(H,25,26). The maximum atomic E-state index is 12.0. The average molecular weight is 396 g/mol. The van der Waals surface area contributed by atoms with Gasteiger partial charge in [0.25, 0.3) is 0 Å². The van der Waals surface area contributed by atoms with E-state index in [1.807, 2.05) is 5.32 Å². The highest BCUT2D eigenvalue weighted by Crippen LogP contribution is 2.10. The molecule has 1 aromatic rings. The Hall–Kier alpha value is -3.18. The van der Waals surface area contributed by atoms with Crippen LogP contribution in [0.1, 0.15) is 12.5 Å². The van der Waals surface area contributed by atoms with Crippen LogP contribution in [0.4, 0.5) is 0 Å². The maximum absolute atomic E-state index is 12.0. The summed E-state index contributed by atoms with van der Waals surface area (Å²) in [5.41, 5.74) is 6.49. The second kappa shape index (κ2) is 10.8. The molecule has 0 saturated heterocycles. The molecule has 0 bridgehead atoms. The number of benzene rings is 1. The Morgan fingerprint density at radius 2 is 1.61 bits per heavy atom. The summed E-state index contributed by atoms with van der Waals surface area (Å²) in [6.45, 7) is 0.0930. The molecule has 11 nitrogen and oxygen atoms in total. The van der Waals surface area contributed by atoms with E-state index in [0.717, 1.165) is 0 Å². The summed E-state index contributed by atoms with van der Waals surface area (Å²) < 4.78 is 0. The zero-order valence-electron chi connectivity index (χ0n) is 15.2. The number of aliphatic hydroxyl groups is 1. The van der Waals surface area contributed by atoms with Gasteiger partial charge in [-0.3, -0.25) is 19.2 Å². The lowest BCUT2D eigenvalue weighted by Gasteiger charge is -2.20. The minimum Gasteiger partial charge on any atom is -0.508 e. The third kappa shape index (κ3) is 8.01. The Kier molecular flexibility index (Phi) is 8.85. The number of carboxylic acids is 1. The van der Waals surface area contributed by atoms with Crippen LogP contribution in [0, 0.1) is 0 Å². The molecule has 0 radical (unpaired) electrons. The Labute approximate surface area is 160 Å². The van der Waals surface area contributed by atoms with Crippen molar-refractivity contribution < 1.29 is 34.5 Å². The number of nitrogens with one attached hydrogen (secondary N) is 3. The summed E-state index contributed by atoms with van der Waals surface area (Å²) in [6, 6.07) is 3.81. The number of aliphatic carboxylic acids is 1. The number of aromatic hydroxyl groups is 1. The van der Waals surface area contributed by atoms with Gasteiger partial charge in [-0.2, -0.15) is 0 Å². The number of carboxylic acid groups (broad SMARTS) is 1. The molecule has 1 rings (SSSR count). The van der Waals surface area contributed by atoms with Gasteiger partial charge in [-0.25, -0.2) is 0 Å². The van der Waals surface area contributed by atoms with Crippen molar-refractivity contribution in [3.8, 4) is 5.75 Å². The molecule has 0 saturated carbocycles. The Balaban J connectivity index is 2.49. The van der Waals surface area contributed by atoms with Crippen LogP contribution in [0.3, 0.4) is 0 Å². The number of nitrogens with two attached hydrogens (primary N) is 1. The van der Waals surface area contributed by atoms with Crippen LogP contribution in [0.2, 0.25) is 0 Å². The molecule has 0 aromatic heterocycles. The van der Waals surface area contributed by atoms with Crippen molar-refractivity contribution >= 4 is 23.7 Å². The van der Waals surface area contributed by atoms with Gasteiger partial charge in [-0.05, 0) is 31.0 Å². The van der Waals surface area contributed by atoms with Crippen molar-refractivity contribution in [3.05, 3.63) is 29.8 Å². The molecule has 28 heavy (non-hydrogen) atoms. The van der Waals surface area contributed by atoms with Crippen LogP contribution in [0.5, 0.6) is 5.75 Å². The van der Waals surface area contributed by atoms with Gasteiger partial charge in [0.2, 0.25) is 17.7 Å². The molecule has 0 heterocycles. The Morgan fingerprint density at radius 3 is 2.14 bits per heavy atom. The third-order valence-electron chi connectivity index (χ3n) is 3.65. The van der Waals surface area contributed by atoms with Crippen LogP contribution in [-0.2, 0) is 25.6 Å². The van der Waals surface area contributed by atoms with Gasteiger partial charge in [0.15, 0.2) is 0 Å². The fraction of sp³-hybridized carbons (Fsp3) is 0.412. The molecule has 0 spiro atoms. The molecule has 1 aromatic carbocycles. The summed E-state index contributed by atoms with van der Waals surface area (Å²) in [5, 5.41) is 33.9. The van der Waals surface area contributed by atoms with E-state index >= 15 is 0 Å². The predicted molar refractivity (Wildman–Crippen MR) is 97.1 cm³/mol. The van der Waals surface area contributed by atoms with Crippen molar-refractivity contribution in [3.63, 3.8) is 0 Å². The van der Waals surface area contributed by atoms with Crippen LogP contribution in [0.15, 0.2) is 24.3 Å². The van der Waals surface area contributed by atoms with E-state index in [-0.39, 0.29) is 12.2 Å². The van der Waals surface area contributed by atoms with Gasteiger partial charge in [0, 0.05) is 0 Å². The number of phenolic OH excluding ortho intramolecular Hbond substituents is 1. The number of amides is 3. The van der Waals surface area contributed by atoms with Crippen molar-refractivity contribution in [1.29, 1.82) is 0 Å². The van der Waals surface area contributed by atoms with E-state index in [0.29, 0.717) is 5.56 Å². The quantitative estimate of drug-likeness (QED) is 0.225. The number of carbonyl (C=O) groups excluding carboxylic acids is 3. The first-order valence-electron chi connectivity index (χ1n) is 8.38. The lowest BCUT2D eigenvalue weighted by atomic mass is 10.1. The highest BCUT2D eigenvalue weighted by molar-refractivity contribution is 5.92. The largest absolute Gasteiger partial charge is 0.508 e. The van der Waals surface area contributed by atoms with E-state index in [4.69, 9.17) is 10.8 Å². The Morgan fingerprint density at radius 1 is 1.04 bits per heavy atom. The number of phenols is 1. The SMILES string of the molecule is CC(O)C(NC(=O)CNC(=O)C(N)Cc1ccc(O)cc1)C(=O)NCC(=O)O. The third-order valence-corrected chi connectivity index (χ3v) is 3.65. The molecule has 3 unspecified atom stereocenters. The molecule has 0 fully saturated rings. The zero-order chi connectivity index (χ0) is 21.3. The molecule has 154 valence electrons. The minimum atomic E-state index is -1.38. The minimum absolute atomic E-state index is 0.0819. The fourth-order valence-electron chi connectivity index (χ4n) is 2.18. The van der Waals surface area contributed by atoms with E-state index in [1.165, 1.54) is 19.1 Å². The summed E-state index contributed by atoms with van der Waals surface area (Å²) >= 11 is 0. The van der Waals surface area contributed by atoms with Crippen molar-refractivity contribution in [2.75, 3.05) is 13.1 Å². The monoisotopic (exact) mass is 396 g/mol. The van der Waals surface area contributed by atoms with Crippen molar-refractivity contribution in [2.24, 2.45) is 5.73 Å². The van der Waals surface area contributed by atoms with Gasteiger partial charge in [0.05, 0.1) is 18.7 Å². The lowest BCUT2D eigenvalue weighted by molar-refractivity contribution is -0.139. The number of rotatable bonds is 10. The zero-order valence-corrected chi connectivity index (χ0v) is 15.2. The molecule has 8 N–H and O–H groups in total. The van der Waals surface area contributed by atoms with Gasteiger partial charge < -0.3 is 37.0 Å². The highest BCUT2D eigenvalue weighted by atomic mass is 16.4. The first-order chi connectivity index (χ1) is 13.1. The molecule has 0 aliphatic rings. The summed E-state index contributed by atoms with van der Waals surface area (Å²) in [6.07, 6.45) is -1.10. The second-order valence-electron chi connectivity index (χ2n) is 6.09. The smallest absolute Gasteiger partial charge is 0.322 e. The van der Waals surface area contributed by atoms with Crippen molar-refractivity contribution in [2.45, 2.75) is 31.5 Å². The Bertz CT molecular complexity index is 706. The number of hydrogen-bond donors (Lipinski definition) is 7. The van der Waals surface area contributed by atoms with Crippen LogP contribution < -0.4 is 21.7 Å². The number of carbonyl (C=O) groups is 4. The number of aliphatic hydroxyl groups excluding tert-OH is 1. The van der Waals surface area contributed by atoms with Gasteiger partial charge in [-0.1, -0.05) is 12.1 Å². The topological polar surface area (TPSA) is 191 Å². The molecule has 11 heteroatoms. The van der Waals surface area contributed by atoms with Gasteiger partial charge in [-0.15, -0.1) is 0 Å².